The molecule has 0 atom stereocenters. The van der Waals surface area contributed by atoms with Crippen molar-refractivity contribution >= 4 is 11.6 Å². The van der Waals surface area contributed by atoms with Gasteiger partial charge in [-0.25, -0.2) is 0 Å². The van der Waals surface area contributed by atoms with Crippen molar-refractivity contribution in [2.75, 3.05) is 18.5 Å². The average Bonchev–Trinajstić information content (AvgIpc) is 2.34. The van der Waals surface area contributed by atoms with Crippen LogP contribution in [0.25, 0.3) is 0 Å². The van der Waals surface area contributed by atoms with E-state index in [9.17, 15) is 4.79 Å². The summed E-state index contributed by atoms with van der Waals surface area (Å²) in [7, 11) is 1.83. The Kier molecular flexibility index (Phi) is 3.20. The van der Waals surface area contributed by atoms with E-state index in [0.29, 0.717) is 12.5 Å². The van der Waals surface area contributed by atoms with Crippen molar-refractivity contribution in [3.8, 4) is 0 Å². The van der Waals surface area contributed by atoms with Gasteiger partial charge in [0, 0.05) is 19.3 Å². The summed E-state index contributed by atoms with van der Waals surface area (Å²) >= 11 is 0. The molecule has 3 heteroatoms. The van der Waals surface area contributed by atoms with Gasteiger partial charge in [-0.05, 0) is 30.9 Å². The normalized spacial score (nSPS) is 27.4. The van der Waals surface area contributed by atoms with Gasteiger partial charge in [0.15, 0.2) is 0 Å². The SMILES string of the molecule is CC1CC(CN)(C(=O)N(C)c2ccccc2)C1. The molecular formula is C14H20N2O. The van der Waals surface area contributed by atoms with Gasteiger partial charge in [0.1, 0.15) is 0 Å². The van der Waals surface area contributed by atoms with Gasteiger partial charge in [0.05, 0.1) is 5.41 Å². The molecular weight excluding hydrogens is 212 g/mol. The lowest BCUT2D eigenvalue weighted by molar-refractivity contribution is -0.134. The maximum atomic E-state index is 12.5. The van der Waals surface area contributed by atoms with Crippen molar-refractivity contribution in [3.63, 3.8) is 0 Å². The lowest BCUT2D eigenvalue weighted by Gasteiger charge is -2.46. The summed E-state index contributed by atoms with van der Waals surface area (Å²) in [5.41, 5.74) is 6.42. The topological polar surface area (TPSA) is 46.3 Å². The lowest BCUT2D eigenvalue weighted by Crippen LogP contribution is -2.53. The molecule has 0 heterocycles. The highest BCUT2D eigenvalue weighted by molar-refractivity contribution is 5.97. The van der Waals surface area contributed by atoms with Crippen LogP contribution in [0.3, 0.4) is 0 Å². The fraction of sp³-hybridized carbons (Fsp3) is 0.500. The zero-order valence-corrected chi connectivity index (χ0v) is 10.5. The van der Waals surface area contributed by atoms with Crippen LogP contribution in [0.1, 0.15) is 19.8 Å². The highest BCUT2D eigenvalue weighted by Gasteiger charge is 2.48. The van der Waals surface area contributed by atoms with Crippen molar-refractivity contribution < 1.29 is 4.79 Å². The molecule has 0 radical (unpaired) electrons. The van der Waals surface area contributed by atoms with E-state index in [1.807, 2.05) is 37.4 Å². The Balaban J connectivity index is 2.15. The Morgan fingerprint density at radius 2 is 2.00 bits per heavy atom. The van der Waals surface area contributed by atoms with E-state index in [1.54, 1.807) is 4.90 Å². The predicted molar refractivity (Wildman–Crippen MR) is 69.7 cm³/mol. The number of hydrogen-bond donors (Lipinski definition) is 1. The minimum absolute atomic E-state index is 0.157. The third-order valence-electron chi connectivity index (χ3n) is 3.77. The monoisotopic (exact) mass is 232 g/mol. The smallest absolute Gasteiger partial charge is 0.234 e. The molecule has 0 aliphatic heterocycles. The highest BCUT2D eigenvalue weighted by atomic mass is 16.2. The van der Waals surface area contributed by atoms with Crippen LogP contribution in [-0.4, -0.2) is 19.5 Å². The summed E-state index contributed by atoms with van der Waals surface area (Å²) in [4.78, 5) is 14.2. The number of amides is 1. The number of para-hydroxylation sites is 1. The Bertz CT molecular complexity index is 396. The fourth-order valence-corrected chi connectivity index (χ4v) is 2.83. The number of anilines is 1. The first-order chi connectivity index (χ1) is 8.09. The number of hydrogen-bond acceptors (Lipinski definition) is 2. The van der Waals surface area contributed by atoms with E-state index in [1.165, 1.54) is 0 Å². The molecule has 17 heavy (non-hydrogen) atoms. The van der Waals surface area contributed by atoms with Gasteiger partial charge < -0.3 is 10.6 Å². The van der Waals surface area contributed by atoms with Crippen LogP contribution in [-0.2, 0) is 4.79 Å². The highest BCUT2D eigenvalue weighted by Crippen LogP contribution is 2.46. The Morgan fingerprint density at radius 1 is 1.41 bits per heavy atom. The molecule has 0 spiro atoms. The Morgan fingerprint density at radius 3 is 2.47 bits per heavy atom. The van der Waals surface area contributed by atoms with E-state index in [2.05, 4.69) is 6.92 Å². The van der Waals surface area contributed by atoms with Gasteiger partial charge in [-0.1, -0.05) is 25.1 Å². The van der Waals surface area contributed by atoms with Crippen LogP contribution in [0, 0.1) is 11.3 Å². The molecule has 92 valence electrons. The summed E-state index contributed by atoms with van der Waals surface area (Å²) in [5, 5.41) is 0. The van der Waals surface area contributed by atoms with Crippen LogP contribution >= 0.6 is 0 Å². The van der Waals surface area contributed by atoms with Gasteiger partial charge in [-0.15, -0.1) is 0 Å². The van der Waals surface area contributed by atoms with Gasteiger partial charge in [0.25, 0.3) is 0 Å². The molecule has 3 nitrogen and oxygen atoms in total. The standard InChI is InChI=1S/C14H20N2O/c1-11-8-14(9-11,10-15)13(17)16(2)12-6-4-3-5-7-12/h3-7,11H,8-10,15H2,1-2H3. The minimum Gasteiger partial charge on any atom is -0.329 e. The zero-order chi connectivity index (χ0) is 12.5. The Hall–Kier alpha value is -1.35. The molecule has 1 amide bonds. The van der Waals surface area contributed by atoms with E-state index >= 15 is 0 Å². The largest absolute Gasteiger partial charge is 0.329 e. The predicted octanol–water partition coefficient (Wildman–Crippen LogP) is 2.02. The summed E-state index contributed by atoms with van der Waals surface area (Å²) in [6, 6.07) is 9.73. The van der Waals surface area contributed by atoms with Crippen molar-refractivity contribution in [3.05, 3.63) is 30.3 Å². The molecule has 0 unspecified atom stereocenters. The number of nitrogens with zero attached hydrogens (tertiary/aromatic N) is 1. The zero-order valence-electron chi connectivity index (χ0n) is 10.5. The molecule has 1 aliphatic carbocycles. The first-order valence-electron chi connectivity index (χ1n) is 6.12. The molecule has 0 bridgehead atoms. The minimum atomic E-state index is -0.315. The molecule has 0 saturated heterocycles. The molecule has 1 aromatic rings. The van der Waals surface area contributed by atoms with Crippen LogP contribution in [0.5, 0.6) is 0 Å². The second kappa shape index (κ2) is 4.49. The molecule has 2 rings (SSSR count). The first-order valence-corrected chi connectivity index (χ1v) is 6.12. The summed E-state index contributed by atoms with van der Waals surface area (Å²) in [6.45, 7) is 2.62. The van der Waals surface area contributed by atoms with Crippen LogP contribution in [0.4, 0.5) is 5.69 Å². The number of carbonyl (C=O) groups excluding carboxylic acids is 1. The summed E-state index contributed by atoms with van der Waals surface area (Å²) in [6.07, 6.45) is 1.83. The maximum absolute atomic E-state index is 12.5. The fourth-order valence-electron chi connectivity index (χ4n) is 2.83. The molecule has 1 aliphatic rings. The quantitative estimate of drug-likeness (QED) is 0.866. The third-order valence-corrected chi connectivity index (χ3v) is 3.77. The average molecular weight is 232 g/mol. The molecule has 2 N–H and O–H groups in total. The Labute approximate surface area is 103 Å². The van der Waals surface area contributed by atoms with E-state index in [-0.39, 0.29) is 11.3 Å². The second-order valence-corrected chi connectivity index (χ2v) is 5.20. The van der Waals surface area contributed by atoms with Crippen LogP contribution in [0.2, 0.25) is 0 Å². The van der Waals surface area contributed by atoms with E-state index < -0.39 is 0 Å². The van der Waals surface area contributed by atoms with Crippen LogP contribution in [0.15, 0.2) is 30.3 Å². The van der Waals surface area contributed by atoms with Crippen molar-refractivity contribution in [2.24, 2.45) is 17.1 Å². The van der Waals surface area contributed by atoms with E-state index in [4.69, 9.17) is 5.73 Å². The second-order valence-electron chi connectivity index (χ2n) is 5.20. The molecule has 1 fully saturated rings. The van der Waals surface area contributed by atoms with Gasteiger partial charge >= 0.3 is 0 Å². The molecule has 0 aromatic heterocycles. The number of carbonyl (C=O) groups is 1. The van der Waals surface area contributed by atoms with Crippen LogP contribution < -0.4 is 10.6 Å². The van der Waals surface area contributed by atoms with Crippen molar-refractivity contribution in [1.29, 1.82) is 0 Å². The first kappa shape index (κ1) is 12.1. The van der Waals surface area contributed by atoms with Gasteiger partial charge in [-0.3, -0.25) is 4.79 Å². The molecule has 1 saturated carbocycles. The van der Waals surface area contributed by atoms with Crippen molar-refractivity contribution in [2.45, 2.75) is 19.8 Å². The maximum Gasteiger partial charge on any atom is 0.234 e. The number of nitrogens with two attached hydrogens (primary N) is 1. The van der Waals surface area contributed by atoms with Gasteiger partial charge in [0.2, 0.25) is 5.91 Å². The summed E-state index contributed by atoms with van der Waals surface area (Å²) in [5.74, 6) is 0.774. The van der Waals surface area contributed by atoms with E-state index in [0.717, 1.165) is 18.5 Å². The van der Waals surface area contributed by atoms with Gasteiger partial charge in [-0.2, -0.15) is 0 Å². The number of benzene rings is 1. The lowest BCUT2D eigenvalue weighted by atomic mass is 9.62. The third kappa shape index (κ3) is 2.07. The molecule has 1 aromatic carbocycles. The summed E-state index contributed by atoms with van der Waals surface area (Å²) < 4.78 is 0. The van der Waals surface area contributed by atoms with Crippen molar-refractivity contribution in [1.82, 2.24) is 0 Å². The number of rotatable bonds is 3.